The first-order valence-electron chi connectivity index (χ1n) is 6.98. The van der Waals surface area contributed by atoms with Gasteiger partial charge in [-0.1, -0.05) is 0 Å². The summed E-state index contributed by atoms with van der Waals surface area (Å²) in [7, 11) is 1.70. The summed E-state index contributed by atoms with van der Waals surface area (Å²) in [6, 6.07) is 1.96. The molecule has 1 fully saturated rings. The van der Waals surface area contributed by atoms with Gasteiger partial charge in [0.25, 0.3) is 0 Å². The molecule has 0 unspecified atom stereocenters. The number of aromatic nitrogens is 5. The maximum atomic E-state index is 11.3. The zero-order valence-corrected chi connectivity index (χ0v) is 11.9. The maximum absolute atomic E-state index is 11.3. The van der Waals surface area contributed by atoms with Crippen LogP contribution >= 0.6 is 0 Å². The summed E-state index contributed by atoms with van der Waals surface area (Å²) < 4.78 is 6.88. The Hall–Kier alpha value is -2.22. The molecule has 0 saturated carbocycles. The summed E-state index contributed by atoms with van der Waals surface area (Å²) in [6.07, 6.45) is 3.22. The largest absolute Gasteiger partial charge is 0.381 e. The van der Waals surface area contributed by atoms with Gasteiger partial charge >= 0.3 is 5.69 Å². The molecule has 0 bridgehead atoms. The van der Waals surface area contributed by atoms with Crippen LogP contribution < -0.4 is 11.0 Å². The SMILES string of the molecule is Cn1c(CCNc2cc([C@@H]3CCOC3)ncn2)n[nH]c1=O. The average Bonchev–Trinajstić information content (AvgIpc) is 3.13. The first-order valence-corrected chi connectivity index (χ1v) is 6.98. The van der Waals surface area contributed by atoms with Gasteiger partial charge in [-0.3, -0.25) is 4.57 Å². The van der Waals surface area contributed by atoms with Gasteiger partial charge in [-0.05, 0) is 6.42 Å². The third-order valence-electron chi connectivity index (χ3n) is 3.66. The number of hydrogen-bond acceptors (Lipinski definition) is 6. The number of rotatable bonds is 5. The third-order valence-corrected chi connectivity index (χ3v) is 3.66. The molecule has 0 amide bonds. The van der Waals surface area contributed by atoms with Gasteiger partial charge in [0.2, 0.25) is 0 Å². The zero-order valence-electron chi connectivity index (χ0n) is 11.9. The van der Waals surface area contributed by atoms with Gasteiger partial charge in [-0.15, -0.1) is 0 Å². The van der Waals surface area contributed by atoms with Crippen LogP contribution in [0.15, 0.2) is 17.2 Å². The zero-order chi connectivity index (χ0) is 14.7. The predicted molar refractivity (Wildman–Crippen MR) is 76.2 cm³/mol. The van der Waals surface area contributed by atoms with E-state index in [9.17, 15) is 4.79 Å². The lowest BCUT2D eigenvalue weighted by Crippen LogP contribution is -2.16. The van der Waals surface area contributed by atoms with E-state index >= 15 is 0 Å². The van der Waals surface area contributed by atoms with Crippen molar-refractivity contribution in [1.29, 1.82) is 0 Å². The van der Waals surface area contributed by atoms with Crippen molar-refractivity contribution in [2.75, 3.05) is 25.1 Å². The van der Waals surface area contributed by atoms with Gasteiger partial charge in [0.1, 0.15) is 18.0 Å². The fourth-order valence-electron chi connectivity index (χ4n) is 2.37. The van der Waals surface area contributed by atoms with Crippen molar-refractivity contribution in [3.8, 4) is 0 Å². The highest BCUT2D eigenvalue weighted by molar-refractivity contribution is 5.36. The minimum atomic E-state index is -0.199. The highest BCUT2D eigenvalue weighted by Gasteiger charge is 2.19. The fourth-order valence-corrected chi connectivity index (χ4v) is 2.37. The second kappa shape index (κ2) is 6.04. The van der Waals surface area contributed by atoms with Gasteiger partial charge < -0.3 is 10.1 Å². The van der Waals surface area contributed by atoms with Crippen LogP contribution in [0.5, 0.6) is 0 Å². The molecule has 0 aromatic carbocycles. The molecule has 0 aliphatic carbocycles. The molecule has 21 heavy (non-hydrogen) atoms. The third kappa shape index (κ3) is 3.10. The summed E-state index contributed by atoms with van der Waals surface area (Å²) in [4.78, 5) is 19.8. The highest BCUT2D eigenvalue weighted by Crippen LogP contribution is 2.24. The Labute approximate surface area is 121 Å². The lowest BCUT2D eigenvalue weighted by Gasteiger charge is -2.09. The molecule has 8 heteroatoms. The number of H-pyrrole nitrogens is 1. The molecule has 3 rings (SSSR count). The van der Waals surface area contributed by atoms with E-state index in [1.54, 1.807) is 13.4 Å². The molecular formula is C13H18N6O2. The molecular weight excluding hydrogens is 272 g/mol. The van der Waals surface area contributed by atoms with Gasteiger partial charge in [0, 0.05) is 38.6 Å². The first kappa shape index (κ1) is 13.7. The van der Waals surface area contributed by atoms with Crippen LogP contribution in [-0.4, -0.2) is 44.5 Å². The Morgan fingerprint density at radius 1 is 1.52 bits per heavy atom. The lowest BCUT2D eigenvalue weighted by molar-refractivity contribution is 0.193. The van der Waals surface area contributed by atoms with Crippen LogP contribution in [0.25, 0.3) is 0 Å². The van der Waals surface area contributed by atoms with Crippen molar-refractivity contribution < 1.29 is 4.74 Å². The number of ether oxygens (including phenoxy) is 1. The van der Waals surface area contributed by atoms with Crippen molar-refractivity contribution in [3.05, 3.63) is 34.4 Å². The average molecular weight is 290 g/mol. The molecule has 3 heterocycles. The number of anilines is 1. The second-order valence-electron chi connectivity index (χ2n) is 5.07. The molecule has 1 atom stereocenters. The topological polar surface area (TPSA) is 97.7 Å². The van der Waals surface area contributed by atoms with E-state index in [-0.39, 0.29) is 5.69 Å². The van der Waals surface area contributed by atoms with Crippen molar-refractivity contribution in [2.45, 2.75) is 18.8 Å². The van der Waals surface area contributed by atoms with Gasteiger partial charge in [-0.25, -0.2) is 19.9 Å². The standard InChI is InChI=1S/C13H18N6O2/c1-19-12(17-18-13(19)20)2-4-14-11-6-10(15-8-16-11)9-3-5-21-7-9/h6,8-9H,2-5,7H2,1H3,(H,18,20)(H,14,15,16)/t9-/m1/s1. The Morgan fingerprint density at radius 3 is 3.14 bits per heavy atom. The number of nitrogens with one attached hydrogen (secondary N) is 2. The van der Waals surface area contributed by atoms with Crippen molar-refractivity contribution in [2.24, 2.45) is 7.05 Å². The number of aromatic amines is 1. The Morgan fingerprint density at radius 2 is 2.43 bits per heavy atom. The van der Waals surface area contributed by atoms with E-state index in [1.807, 2.05) is 6.07 Å². The molecule has 1 aliphatic heterocycles. The predicted octanol–water partition coefficient (Wildman–Crippen LogP) is 0.0569. The van der Waals surface area contributed by atoms with E-state index in [0.717, 1.165) is 31.1 Å². The Bertz CT molecular complexity index is 659. The van der Waals surface area contributed by atoms with E-state index in [0.29, 0.717) is 24.7 Å². The lowest BCUT2D eigenvalue weighted by atomic mass is 10.1. The summed E-state index contributed by atoms with van der Waals surface area (Å²) in [5.41, 5.74) is 0.813. The Kier molecular flexibility index (Phi) is 3.96. The van der Waals surface area contributed by atoms with E-state index in [4.69, 9.17) is 4.74 Å². The van der Waals surface area contributed by atoms with Crippen LogP contribution in [0.3, 0.4) is 0 Å². The number of hydrogen-bond donors (Lipinski definition) is 2. The second-order valence-corrected chi connectivity index (χ2v) is 5.07. The van der Waals surface area contributed by atoms with Crippen LogP contribution in [0.1, 0.15) is 23.9 Å². The molecule has 2 aromatic heterocycles. The normalized spacial score (nSPS) is 18.0. The van der Waals surface area contributed by atoms with Crippen LogP contribution in [0.4, 0.5) is 5.82 Å². The molecule has 112 valence electrons. The van der Waals surface area contributed by atoms with E-state index in [1.165, 1.54) is 4.57 Å². The summed E-state index contributed by atoms with van der Waals surface area (Å²) >= 11 is 0. The van der Waals surface area contributed by atoms with Crippen LogP contribution in [0.2, 0.25) is 0 Å². The maximum Gasteiger partial charge on any atom is 0.343 e. The van der Waals surface area contributed by atoms with Gasteiger partial charge in [0.05, 0.1) is 12.3 Å². The molecule has 0 spiro atoms. The smallest absolute Gasteiger partial charge is 0.343 e. The summed E-state index contributed by atoms with van der Waals surface area (Å²) in [5.74, 6) is 1.86. The molecule has 1 aliphatic rings. The van der Waals surface area contributed by atoms with Gasteiger partial charge in [-0.2, -0.15) is 5.10 Å². The molecule has 8 nitrogen and oxygen atoms in total. The minimum absolute atomic E-state index is 0.199. The molecule has 0 radical (unpaired) electrons. The quantitative estimate of drug-likeness (QED) is 0.808. The van der Waals surface area contributed by atoms with E-state index < -0.39 is 0 Å². The van der Waals surface area contributed by atoms with Crippen molar-refractivity contribution >= 4 is 5.82 Å². The molecule has 1 saturated heterocycles. The van der Waals surface area contributed by atoms with E-state index in [2.05, 4.69) is 25.5 Å². The van der Waals surface area contributed by atoms with Crippen molar-refractivity contribution in [1.82, 2.24) is 24.7 Å². The minimum Gasteiger partial charge on any atom is -0.381 e. The molecule has 2 aromatic rings. The summed E-state index contributed by atoms with van der Waals surface area (Å²) in [5, 5.41) is 9.62. The van der Waals surface area contributed by atoms with Crippen molar-refractivity contribution in [3.63, 3.8) is 0 Å². The highest BCUT2D eigenvalue weighted by atomic mass is 16.5. The van der Waals surface area contributed by atoms with Crippen LogP contribution in [-0.2, 0) is 18.2 Å². The first-order chi connectivity index (χ1) is 10.2. The van der Waals surface area contributed by atoms with Crippen LogP contribution in [0, 0.1) is 0 Å². The molecule has 2 N–H and O–H groups in total. The van der Waals surface area contributed by atoms with Gasteiger partial charge in [0.15, 0.2) is 0 Å². The fraction of sp³-hybridized carbons (Fsp3) is 0.538. The summed E-state index contributed by atoms with van der Waals surface area (Å²) in [6.45, 7) is 2.17. The number of nitrogens with zero attached hydrogens (tertiary/aromatic N) is 4. The monoisotopic (exact) mass is 290 g/mol. The Balaban J connectivity index is 1.59.